The zero-order valence-corrected chi connectivity index (χ0v) is 12.4. The van der Waals surface area contributed by atoms with Crippen LogP contribution in [0.15, 0.2) is 30.6 Å². The number of benzene rings is 1. The summed E-state index contributed by atoms with van der Waals surface area (Å²) < 4.78 is 0.885. The molecule has 2 aromatic rings. The molecule has 0 aliphatic rings. The molecule has 0 radical (unpaired) electrons. The predicted octanol–water partition coefficient (Wildman–Crippen LogP) is 2.03. The summed E-state index contributed by atoms with van der Waals surface area (Å²) >= 11 is 2.09. The summed E-state index contributed by atoms with van der Waals surface area (Å²) in [5, 5.41) is 12.3. The van der Waals surface area contributed by atoms with Crippen LogP contribution in [0.5, 0.6) is 5.75 Å². The second-order valence-corrected chi connectivity index (χ2v) is 5.24. The number of hydrogen-bond donors (Lipinski definition) is 2. The van der Waals surface area contributed by atoms with Gasteiger partial charge < -0.3 is 10.4 Å². The molecular weight excluding hydrogens is 357 g/mol. The van der Waals surface area contributed by atoms with Crippen molar-refractivity contribution in [1.82, 2.24) is 15.3 Å². The molecule has 6 heteroatoms. The standard InChI is InChI=1S/C13H12IN3O2/c1-8-5-16-10(6-15-8)7-17-13(19)11-4-9(14)2-3-12(11)18/h2-6,18H,7H2,1H3,(H,17,19). The number of aromatic nitrogens is 2. The van der Waals surface area contributed by atoms with Crippen molar-refractivity contribution in [2.24, 2.45) is 0 Å². The van der Waals surface area contributed by atoms with Gasteiger partial charge in [-0.2, -0.15) is 0 Å². The quantitative estimate of drug-likeness (QED) is 0.812. The molecule has 0 saturated heterocycles. The van der Waals surface area contributed by atoms with Gasteiger partial charge in [0.15, 0.2) is 0 Å². The van der Waals surface area contributed by atoms with E-state index in [1.165, 1.54) is 6.07 Å². The fraction of sp³-hybridized carbons (Fsp3) is 0.154. The Balaban J connectivity index is 2.05. The number of carbonyl (C=O) groups is 1. The number of aryl methyl sites for hydroxylation is 1. The number of halogens is 1. The van der Waals surface area contributed by atoms with Crippen molar-refractivity contribution in [2.45, 2.75) is 13.5 Å². The molecule has 0 fully saturated rings. The van der Waals surface area contributed by atoms with E-state index in [1.807, 2.05) is 6.92 Å². The number of phenols is 1. The summed E-state index contributed by atoms with van der Waals surface area (Å²) in [4.78, 5) is 20.2. The Morgan fingerprint density at radius 1 is 1.37 bits per heavy atom. The van der Waals surface area contributed by atoms with E-state index in [2.05, 4.69) is 37.9 Å². The van der Waals surface area contributed by atoms with Crippen molar-refractivity contribution >= 4 is 28.5 Å². The van der Waals surface area contributed by atoms with Gasteiger partial charge in [0, 0.05) is 9.77 Å². The largest absolute Gasteiger partial charge is 0.507 e. The maximum atomic E-state index is 11.9. The highest BCUT2D eigenvalue weighted by atomic mass is 127. The minimum Gasteiger partial charge on any atom is -0.507 e. The third-order valence-electron chi connectivity index (χ3n) is 2.47. The Morgan fingerprint density at radius 2 is 2.16 bits per heavy atom. The van der Waals surface area contributed by atoms with Gasteiger partial charge in [0.1, 0.15) is 5.75 Å². The molecule has 0 atom stereocenters. The van der Waals surface area contributed by atoms with Crippen LogP contribution in [0.2, 0.25) is 0 Å². The lowest BCUT2D eigenvalue weighted by molar-refractivity contribution is 0.0947. The Bertz CT molecular complexity index is 599. The first kappa shape index (κ1) is 13.7. The highest BCUT2D eigenvalue weighted by molar-refractivity contribution is 14.1. The van der Waals surface area contributed by atoms with Crippen LogP contribution in [0.25, 0.3) is 0 Å². The maximum Gasteiger partial charge on any atom is 0.255 e. The first-order valence-corrected chi connectivity index (χ1v) is 6.68. The van der Waals surface area contributed by atoms with Crippen LogP contribution in [0.4, 0.5) is 0 Å². The minimum absolute atomic E-state index is 0.0343. The number of phenolic OH excluding ortho intramolecular Hbond substituents is 1. The molecule has 1 amide bonds. The van der Waals surface area contributed by atoms with Gasteiger partial charge in [-0.05, 0) is 47.7 Å². The fourth-order valence-electron chi connectivity index (χ4n) is 1.47. The van der Waals surface area contributed by atoms with Crippen LogP contribution in [0.1, 0.15) is 21.7 Å². The lowest BCUT2D eigenvalue weighted by Gasteiger charge is -2.07. The van der Waals surface area contributed by atoms with E-state index in [0.717, 1.165) is 9.26 Å². The Hall–Kier alpha value is -1.70. The second kappa shape index (κ2) is 5.96. The fourth-order valence-corrected chi connectivity index (χ4v) is 1.96. The molecule has 0 saturated carbocycles. The predicted molar refractivity (Wildman–Crippen MR) is 78.8 cm³/mol. The molecule has 2 N–H and O–H groups in total. The van der Waals surface area contributed by atoms with Gasteiger partial charge in [-0.1, -0.05) is 0 Å². The van der Waals surface area contributed by atoms with Crippen LogP contribution >= 0.6 is 22.6 Å². The van der Waals surface area contributed by atoms with Crippen molar-refractivity contribution in [3.05, 3.63) is 51.1 Å². The van der Waals surface area contributed by atoms with Crippen LogP contribution in [-0.2, 0) is 6.54 Å². The highest BCUT2D eigenvalue weighted by Crippen LogP contribution is 2.19. The van der Waals surface area contributed by atoms with Crippen molar-refractivity contribution < 1.29 is 9.90 Å². The molecule has 0 bridgehead atoms. The summed E-state index contributed by atoms with van der Waals surface area (Å²) in [6.45, 7) is 2.12. The average molecular weight is 369 g/mol. The topological polar surface area (TPSA) is 75.1 Å². The van der Waals surface area contributed by atoms with Crippen molar-refractivity contribution in [1.29, 1.82) is 0 Å². The molecule has 0 unspecified atom stereocenters. The zero-order chi connectivity index (χ0) is 13.8. The summed E-state index contributed by atoms with van der Waals surface area (Å²) in [6, 6.07) is 4.87. The molecular formula is C13H12IN3O2. The molecule has 19 heavy (non-hydrogen) atoms. The molecule has 2 rings (SSSR count). The van der Waals surface area contributed by atoms with Crippen molar-refractivity contribution in [3.63, 3.8) is 0 Å². The van der Waals surface area contributed by atoms with Gasteiger partial charge in [0.05, 0.1) is 29.7 Å². The summed E-state index contributed by atoms with van der Waals surface area (Å²) in [5.41, 5.74) is 1.75. The van der Waals surface area contributed by atoms with Crippen LogP contribution < -0.4 is 5.32 Å². The van der Waals surface area contributed by atoms with Crippen LogP contribution in [0, 0.1) is 10.5 Å². The molecule has 1 aromatic carbocycles. The lowest BCUT2D eigenvalue weighted by atomic mass is 10.2. The zero-order valence-electron chi connectivity index (χ0n) is 10.2. The normalized spacial score (nSPS) is 10.2. The third kappa shape index (κ3) is 3.63. The monoisotopic (exact) mass is 369 g/mol. The van der Waals surface area contributed by atoms with Gasteiger partial charge in [-0.25, -0.2) is 0 Å². The maximum absolute atomic E-state index is 11.9. The summed E-state index contributed by atoms with van der Waals surface area (Å²) in [5.74, 6) is -0.369. The number of rotatable bonds is 3. The SMILES string of the molecule is Cc1cnc(CNC(=O)c2cc(I)ccc2O)cn1. The average Bonchev–Trinajstić information content (AvgIpc) is 2.40. The Kier molecular flexibility index (Phi) is 4.31. The first-order valence-electron chi connectivity index (χ1n) is 5.60. The van der Waals surface area contributed by atoms with E-state index in [9.17, 15) is 9.90 Å². The van der Waals surface area contributed by atoms with Gasteiger partial charge in [0.25, 0.3) is 5.91 Å². The Labute approximate surface area is 124 Å². The van der Waals surface area contributed by atoms with Gasteiger partial charge >= 0.3 is 0 Å². The molecule has 0 aliphatic heterocycles. The second-order valence-electron chi connectivity index (χ2n) is 3.99. The van der Waals surface area contributed by atoms with E-state index >= 15 is 0 Å². The first-order chi connectivity index (χ1) is 9.06. The number of amides is 1. The van der Waals surface area contributed by atoms with E-state index in [1.54, 1.807) is 24.5 Å². The van der Waals surface area contributed by atoms with Crippen LogP contribution in [0.3, 0.4) is 0 Å². The number of carbonyl (C=O) groups excluding carboxylic acids is 1. The van der Waals surface area contributed by atoms with E-state index in [4.69, 9.17) is 0 Å². The Morgan fingerprint density at radius 3 is 2.84 bits per heavy atom. The number of nitrogens with zero attached hydrogens (tertiary/aromatic N) is 2. The molecule has 1 heterocycles. The molecule has 0 spiro atoms. The summed E-state index contributed by atoms with van der Waals surface area (Å²) in [7, 11) is 0. The van der Waals surface area contributed by atoms with Gasteiger partial charge in [-0.3, -0.25) is 14.8 Å². The third-order valence-corrected chi connectivity index (χ3v) is 3.14. The van der Waals surface area contributed by atoms with Crippen LogP contribution in [-0.4, -0.2) is 21.0 Å². The lowest BCUT2D eigenvalue weighted by Crippen LogP contribution is -2.23. The minimum atomic E-state index is -0.335. The summed E-state index contributed by atoms with van der Waals surface area (Å²) in [6.07, 6.45) is 3.26. The van der Waals surface area contributed by atoms with Gasteiger partial charge in [-0.15, -0.1) is 0 Å². The van der Waals surface area contributed by atoms with E-state index < -0.39 is 0 Å². The molecule has 5 nitrogen and oxygen atoms in total. The number of hydrogen-bond acceptors (Lipinski definition) is 4. The van der Waals surface area contributed by atoms with E-state index in [0.29, 0.717) is 5.69 Å². The van der Waals surface area contributed by atoms with Crippen molar-refractivity contribution in [2.75, 3.05) is 0 Å². The van der Waals surface area contributed by atoms with Gasteiger partial charge in [0.2, 0.25) is 0 Å². The smallest absolute Gasteiger partial charge is 0.255 e. The molecule has 1 aromatic heterocycles. The molecule has 0 aliphatic carbocycles. The number of nitrogens with one attached hydrogen (secondary N) is 1. The molecule has 98 valence electrons. The highest BCUT2D eigenvalue weighted by Gasteiger charge is 2.11. The van der Waals surface area contributed by atoms with Crippen molar-refractivity contribution in [3.8, 4) is 5.75 Å². The van der Waals surface area contributed by atoms with E-state index in [-0.39, 0.29) is 23.8 Å². The number of aromatic hydroxyl groups is 1.